The van der Waals surface area contributed by atoms with Crippen LogP contribution in [0.15, 0.2) is 46.2 Å². The van der Waals surface area contributed by atoms with E-state index in [1.807, 2.05) is 24.3 Å². The van der Waals surface area contributed by atoms with Gasteiger partial charge in [0.25, 0.3) is 0 Å². The topological polar surface area (TPSA) is 95.2 Å². The van der Waals surface area contributed by atoms with Gasteiger partial charge in [-0.15, -0.1) is 12.6 Å². The zero-order valence-electron chi connectivity index (χ0n) is 14.1. The van der Waals surface area contributed by atoms with Gasteiger partial charge in [0.05, 0.1) is 34.4 Å². The molecule has 2 rings (SSSR count). The van der Waals surface area contributed by atoms with Crippen molar-refractivity contribution in [2.75, 3.05) is 0 Å². The molecule has 0 aromatic heterocycles. The van der Waals surface area contributed by atoms with Crippen LogP contribution in [0.2, 0.25) is 0 Å². The normalized spacial score (nSPS) is 7.54. The second kappa shape index (κ2) is 13.3. The Morgan fingerprint density at radius 3 is 1.50 bits per heavy atom. The summed E-state index contributed by atoms with van der Waals surface area (Å²) in [5.41, 5.74) is 1.45. The molecule has 0 heterocycles. The number of nitriles is 4. The molecule has 0 atom stereocenters. The molecule has 0 radical (unpaired) electrons. The third-order valence-electron chi connectivity index (χ3n) is 2.46. The largest absolute Gasteiger partial charge is 1.00 e. The van der Waals surface area contributed by atoms with E-state index in [0.29, 0.717) is 16.0 Å². The standard InChI is InChI=1S/C9H3N3S.C7H5NS.2Na.H/c10-3-6-1-7(4-11)9(13)8(2-6)5-12;8-5-6-1-3-7(9)4-2-6;;;/h1-2,13H;1-4,9H;;;/q;;2*+1;-1/p-1. The van der Waals surface area contributed by atoms with E-state index in [9.17, 15) is 0 Å². The molecule has 8 heteroatoms. The molecular formula is C16H8N4Na2S2. The first-order valence-electron chi connectivity index (χ1n) is 5.80. The van der Waals surface area contributed by atoms with E-state index in [2.05, 4.69) is 12.6 Å². The van der Waals surface area contributed by atoms with Crippen molar-refractivity contribution in [3.63, 3.8) is 0 Å². The molecule has 0 unspecified atom stereocenters. The molecule has 106 valence electrons. The van der Waals surface area contributed by atoms with Crippen molar-refractivity contribution in [1.29, 1.82) is 21.0 Å². The van der Waals surface area contributed by atoms with Gasteiger partial charge >= 0.3 is 59.1 Å². The van der Waals surface area contributed by atoms with Crippen molar-refractivity contribution in [3.05, 3.63) is 58.7 Å². The molecule has 2 aromatic carbocycles. The summed E-state index contributed by atoms with van der Waals surface area (Å²) in [4.78, 5) is 1.10. The zero-order valence-corrected chi connectivity index (χ0v) is 18.8. The first-order chi connectivity index (χ1) is 10.5. The van der Waals surface area contributed by atoms with Crippen molar-refractivity contribution in [2.24, 2.45) is 0 Å². The van der Waals surface area contributed by atoms with Gasteiger partial charge in [0, 0.05) is 4.90 Å². The molecule has 0 aliphatic rings. The third kappa shape index (κ3) is 7.69. The minimum Gasteiger partial charge on any atom is -1.00 e. The summed E-state index contributed by atoms with van der Waals surface area (Å²) in [7, 11) is 0. The Morgan fingerprint density at radius 1 is 0.750 bits per heavy atom. The summed E-state index contributed by atoms with van der Waals surface area (Å²) in [5, 5.41) is 34.2. The van der Waals surface area contributed by atoms with E-state index in [4.69, 9.17) is 33.7 Å². The first-order valence-corrected chi connectivity index (χ1v) is 6.65. The van der Waals surface area contributed by atoms with Crippen LogP contribution in [0.5, 0.6) is 0 Å². The summed E-state index contributed by atoms with van der Waals surface area (Å²) in [6.45, 7) is 0. The molecule has 0 amide bonds. The van der Waals surface area contributed by atoms with Crippen molar-refractivity contribution < 1.29 is 60.5 Å². The van der Waals surface area contributed by atoms with Gasteiger partial charge in [0.1, 0.15) is 12.1 Å². The SMILES string of the molecule is N#Cc1cc(C#N)c(S)c(C#N)c1.N#Cc1ccc([S-])cc1.[H-].[Na+].[Na+]. The maximum absolute atomic E-state index is 8.64. The Balaban J connectivity index is -0.000000362. The molecule has 0 fully saturated rings. The molecule has 2 aromatic rings. The second-order valence-electron chi connectivity index (χ2n) is 3.89. The maximum Gasteiger partial charge on any atom is 1.00 e. The molecule has 24 heavy (non-hydrogen) atoms. The van der Waals surface area contributed by atoms with Crippen molar-refractivity contribution >= 4 is 25.3 Å². The molecule has 0 aliphatic heterocycles. The minimum atomic E-state index is 0. The number of hydrogen-bond donors (Lipinski definition) is 1. The van der Waals surface area contributed by atoms with E-state index in [1.165, 1.54) is 12.1 Å². The molecule has 0 saturated heterocycles. The maximum atomic E-state index is 8.64. The van der Waals surface area contributed by atoms with Crippen LogP contribution in [0.3, 0.4) is 0 Å². The molecule has 0 N–H and O–H groups in total. The number of thiol groups is 1. The molecule has 0 spiro atoms. The molecule has 0 bridgehead atoms. The quantitative estimate of drug-likeness (QED) is 0.308. The van der Waals surface area contributed by atoms with Gasteiger partial charge in [-0.25, -0.2) is 0 Å². The van der Waals surface area contributed by atoms with Crippen LogP contribution in [-0.4, -0.2) is 0 Å². The van der Waals surface area contributed by atoms with Crippen molar-refractivity contribution in [1.82, 2.24) is 0 Å². The fraction of sp³-hybridized carbons (Fsp3) is 0. The van der Waals surface area contributed by atoms with Crippen LogP contribution < -0.4 is 59.1 Å². The van der Waals surface area contributed by atoms with E-state index >= 15 is 0 Å². The predicted octanol–water partition coefficient (Wildman–Crippen LogP) is -2.83. The molecule has 0 saturated carbocycles. The summed E-state index contributed by atoms with van der Waals surface area (Å²) >= 11 is 8.81. The Bertz CT molecular complexity index is 825. The van der Waals surface area contributed by atoms with E-state index in [-0.39, 0.29) is 71.7 Å². The van der Waals surface area contributed by atoms with Crippen LogP contribution in [0, 0.1) is 45.3 Å². The number of nitrogens with zero attached hydrogens (tertiary/aromatic N) is 4. The van der Waals surface area contributed by atoms with Gasteiger partial charge < -0.3 is 14.1 Å². The van der Waals surface area contributed by atoms with Crippen LogP contribution in [0.25, 0.3) is 0 Å². The fourth-order valence-electron chi connectivity index (χ4n) is 1.40. The fourth-order valence-corrected chi connectivity index (χ4v) is 1.76. The van der Waals surface area contributed by atoms with Crippen molar-refractivity contribution in [2.45, 2.75) is 9.79 Å². The average Bonchev–Trinajstić information content (AvgIpc) is 2.56. The summed E-state index contributed by atoms with van der Waals surface area (Å²) in [6.07, 6.45) is 0. The van der Waals surface area contributed by atoms with Gasteiger partial charge in [-0.05, 0) is 24.3 Å². The number of benzene rings is 2. The van der Waals surface area contributed by atoms with Gasteiger partial charge in [0.15, 0.2) is 0 Å². The molecular weight excluding hydrogens is 358 g/mol. The Morgan fingerprint density at radius 2 is 1.17 bits per heavy atom. The van der Waals surface area contributed by atoms with E-state index in [0.717, 1.165) is 4.90 Å². The average molecular weight is 366 g/mol. The van der Waals surface area contributed by atoms with Gasteiger partial charge in [-0.2, -0.15) is 25.9 Å². The Labute approximate surface area is 197 Å². The van der Waals surface area contributed by atoms with E-state index < -0.39 is 0 Å². The van der Waals surface area contributed by atoms with Crippen LogP contribution >= 0.6 is 12.6 Å². The Kier molecular flexibility index (Phi) is 14.0. The number of rotatable bonds is 0. The van der Waals surface area contributed by atoms with Gasteiger partial charge in [-0.1, -0.05) is 12.1 Å². The van der Waals surface area contributed by atoms with Gasteiger partial charge in [0.2, 0.25) is 0 Å². The summed E-state index contributed by atoms with van der Waals surface area (Å²) < 4.78 is 0. The second-order valence-corrected chi connectivity index (χ2v) is 4.81. The van der Waals surface area contributed by atoms with Crippen LogP contribution in [-0.2, 0) is 12.6 Å². The summed E-state index contributed by atoms with van der Waals surface area (Å²) in [6, 6.07) is 17.3. The minimum absolute atomic E-state index is 0. The molecule has 0 aliphatic carbocycles. The van der Waals surface area contributed by atoms with Gasteiger partial charge in [-0.3, -0.25) is 0 Å². The first kappa shape index (κ1) is 25.2. The van der Waals surface area contributed by atoms with Crippen molar-refractivity contribution in [3.8, 4) is 24.3 Å². The monoisotopic (exact) mass is 366 g/mol. The zero-order chi connectivity index (χ0) is 16.5. The number of hydrogen-bond acceptors (Lipinski definition) is 6. The third-order valence-corrected chi connectivity index (χ3v) is 3.22. The van der Waals surface area contributed by atoms with Crippen LogP contribution in [0.4, 0.5) is 0 Å². The van der Waals surface area contributed by atoms with E-state index in [1.54, 1.807) is 24.3 Å². The predicted molar refractivity (Wildman–Crippen MR) is 85.7 cm³/mol. The van der Waals surface area contributed by atoms with Crippen LogP contribution in [0.1, 0.15) is 23.7 Å². The summed E-state index contributed by atoms with van der Waals surface area (Å²) in [5.74, 6) is 0. The Hall–Kier alpha value is -1.03. The smallest absolute Gasteiger partial charge is 1.00 e. The molecule has 4 nitrogen and oxygen atoms in total.